The average Bonchev–Trinajstić information content (AvgIpc) is 2.24. The van der Waals surface area contributed by atoms with Crippen LogP contribution in [0.25, 0.3) is 0 Å². The maximum atomic E-state index is 12.3. The molecule has 1 unspecified atom stereocenters. The molecule has 0 aliphatic carbocycles. The fraction of sp³-hybridized carbons (Fsp3) is 0.556. The molecule has 0 saturated heterocycles. The minimum atomic E-state index is -4.39. The second-order valence-corrected chi connectivity index (χ2v) is 4.10. The predicted octanol–water partition coefficient (Wildman–Crippen LogP) is 1.73. The number of aryl methyl sites for hydroxylation is 1. The van der Waals surface area contributed by atoms with Crippen LogP contribution in [0.1, 0.15) is 19.0 Å². The van der Waals surface area contributed by atoms with E-state index in [1.54, 1.807) is 0 Å². The van der Waals surface area contributed by atoms with E-state index in [4.69, 9.17) is 5.84 Å². The maximum absolute atomic E-state index is 12.3. The number of rotatable bonds is 5. The third-order valence-electron chi connectivity index (χ3n) is 2.29. The zero-order chi connectivity index (χ0) is 15.5. The largest absolute Gasteiger partial charge is 0.391 e. The molecule has 1 aromatic rings. The van der Waals surface area contributed by atoms with Gasteiger partial charge in [-0.3, -0.25) is 15.5 Å². The molecule has 1 aromatic heterocycles. The van der Waals surface area contributed by atoms with Crippen molar-refractivity contribution in [3.8, 4) is 0 Å². The topological polar surface area (TPSA) is 119 Å². The molecule has 1 atom stereocenters. The van der Waals surface area contributed by atoms with Crippen molar-refractivity contribution in [2.45, 2.75) is 32.5 Å². The first-order chi connectivity index (χ1) is 9.14. The van der Waals surface area contributed by atoms with Gasteiger partial charge in [0, 0.05) is 6.04 Å². The summed E-state index contributed by atoms with van der Waals surface area (Å²) < 4.78 is 36.8. The number of hydrogen-bond donors (Lipinski definition) is 3. The lowest BCUT2D eigenvalue weighted by Gasteiger charge is -2.17. The highest BCUT2D eigenvalue weighted by molar-refractivity contribution is 5.61. The molecular weight excluding hydrogens is 281 g/mol. The second kappa shape index (κ2) is 5.86. The number of halogens is 3. The highest BCUT2D eigenvalue weighted by Gasteiger charge is 2.31. The number of nitrogens with one attached hydrogen (secondary N) is 2. The summed E-state index contributed by atoms with van der Waals surface area (Å²) in [6, 6.07) is -1.09. The van der Waals surface area contributed by atoms with Gasteiger partial charge in [0.05, 0.1) is 11.3 Å². The number of aromatic nitrogens is 2. The van der Waals surface area contributed by atoms with E-state index in [-0.39, 0.29) is 17.5 Å². The van der Waals surface area contributed by atoms with Gasteiger partial charge in [-0.15, -0.1) is 0 Å². The van der Waals surface area contributed by atoms with Gasteiger partial charge in [0.15, 0.2) is 0 Å². The Morgan fingerprint density at radius 1 is 1.45 bits per heavy atom. The zero-order valence-corrected chi connectivity index (χ0v) is 10.7. The van der Waals surface area contributed by atoms with Crippen molar-refractivity contribution in [1.82, 2.24) is 9.97 Å². The number of nitro groups is 1. The van der Waals surface area contributed by atoms with Crippen molar-refractivity contribution < 1.29 is 18.1 Å². The first kappa shape index (κ1) is 15.9. The Balaban J connectivity index is 3.09. The lowest BCUT2D eigenvalue weighted by atomic mass is 10.2. The van der Waals surface area contributed by atoms with E-state index in [2.05, 4.69) is 20.7 Å². The molecule has 0 saturated carbocycles. The van der Waals surface area contributed by atoms with Gasteiger partial charge in [0.2, 0.25) is 11.8 Å². The minimum absolute atomic E-state index is 0.0142. The summed E-state index contributed by atoms with van der Waals surface area (Å²) in [6.45, 7) is 2.57. The monoisotopic (exact) mass is 294 g/mol. The summed E-state index contributed by atoms with van der Waals surface area (Å²) in [7, 11) is 0. The van der Waals surface area contributed by atoms with Gasteiger partial charge in [-0.05, 0) is 13.8 Å². The molecule has 0 aromatic carbocycles. The van der Waals surface area contributed by atoms with Crippen LogP contribution in [-0.4, -0.2) is 27.1 Å². The Bertz CT molecular complexity index is 507. The molecule has 20 heavy (non-hydrogen) atoms. The summed E-state index contributed by atoms with van der Waals surface area (Å²) in [5.41, 5.74) is 1.59. The third-order valence-corrected chi connectivity index (χ3v) is 2.29. The van der Waals surface area contributed by atoms with Crippen LogP contribution in [0.3, 0.4) is 0 Å². The van der Waals surface area contributed by atoms with E-state index in [9.17, 15) is 23.3 Å². The van der Waals surface area contributed by atoms with Crippen molar-refractivity contribution in [2.75, 3.05) is 10.7 Å². The van der Waals surface area contributed by atoms with Gasteiger partial charge in [-0.2, -0.15) is 18.2 Å². The van der Waals surface area contributed by atoms with Crippen molar-refractivity contribution in [1.29, 1.82) is 0 Å². The lowest BCUT2D eigenvalue weighted by Crippen LogP contribution is -2.25. The fourth-order valence-electron chi connectivity index (χ4n) is 1.58. The number of hydrazine groups is 1. The van der Waals surface area contributed by atoms with E-state index in [1.165, 1.54) is 13.8 Å². The van der Waals surface area contributed by atoms with Crippen LogP contribution in [-0.2, 0) is 0 Å². The first-order valence-corrected chi connectivity index (χ1v) is 5.47. The normalized spacial score (nSPS) is 12.9. The molecule has 11 heteroatoms. The molecule has 0 spiro atoms. The number of alkyl halides is 3. The molecular formula is C9H13F3N6O2. The number of anilines is 2. The van der Waals surface area contributed by atoms with Crippen molar-refractivity contribution in [2.24, 2.45) is 5.84 Å². The predicted molar refractivity (Wildman–Crippen MR) is 65.0 cm³/mol. The van der Waals surface area contributed by atoms with Crippen LogP contribution in [0.2, 0.25) is 0 Å². The molecule has 0 radical (unpaired) electrons. The number of nitrogen functional groups attached to an aromatic ring is 1. The van der Waals surface area contributed by atoms with E-state index < -0.39 is 29.2 Å². The van der Waals surface area contributed by atoms with E-state index in [1.807, 2.05) is 0 Å². The number of nitrogens with two attached hydrogens (primary N) is 1. The van der Waals surface area contributed by atoms with E-state index >= 15 is 0 Å². The number of nitrogens with zero attached hydrogens (tertiary/aromatic N) is 3. The smallest absolute Gasteiger partial charge is 0.361 e. The molecule has 0 amide bonds. The van der Waals surface area contributed by atoms with Crippen LogP contribution >= 0.6 is 0 Å². The minimum Gasteiger partial charge on any atom is -0.361 e. The van der Waals surface area contributed by atoms with Crippen molar-refractivity contribution in [3.05, 3.63) is 15.8 Å². The van der Waals surface area contributed by atoms with Crippen LogP contribution in [0, 0.1) is 17.0 Å². The van der Waals surface area contributed by atoms with Gasteiger partial charge < -0.3 is 5.32 Å². The Morgan fingerprint density at radius 3 is 2.50 bits per heavy atom. The van der Waals surface area contributed by atoms with E-state index in [0.29, 0.717) is 0 Å². The second-order valence-electron chi connectivity index (χ2n) is 4.10. The van der Waals surface area contributed by atoms with Gasteiger partial charge in [-0.25, -0.2) is 10.8 Å². The van der Waals surface area contributed by atoms with E-state index in [0.717, 1.165) is 0 Å². The standard InChI is InChI=1S/C9H13F3N6O2/c1-4(3-9(10,11)12)14-7-6(18(19)20)5(2)15-8(16-7)17-13/h4H,3,13H2,1-2H3,(H2,14,15,16,17). The van der Waals surface area contributed by atoms with Crippen LogP contribution < -0.4 is 16.6 Å². The molecule has 0 aliphatic rings. The Labute approximate surface area is 111 Å². The maximum Gasteiger partial charge on any atom is 0.391 e. The molecule has 1 heterocycles. The Morgan fingerprint density at radius 2 is 2.05 bits per heavy atom. The molecule has 112 valence electrons. The highest BCUT2D eigenvalue weighted by atomic mass is 19.4. The molecule has 4 N–H and O–H groups in total. The van der Waals surface area contributed by atoms with Crippen molar-refractivity contribution in [3.63, 3.8) is 0 Å². The van der Waals surface area contributed by atoms with Crippen LogP contribution in [0.5, 0.6) is 0 Å². The quantitative estimate of drug-likeness (QED) is 0.430. The molecule has 0 bridgehead atoms. The van der Waals surface area contributed by atoms with Crippen LogP contribution in [0.15, 0.2) is 0 Å². The Hall–Kier alpha value is -2.17. The molecule has 0 fully saturated rings. The van der Waals surface area contributed by atoms with Gasteiger partial charge in [0.25, 0.3) is 0 Å². The van der Waals surface area contributed by atoms with Crippen LogP contribution in [0.4, 0.5) is 30.6 Å². The van der Waals surface area contributed by atoms with Gasteiger partial charge >= 0.3 is 11.9 Å². The highest BCUT2D eigenvalue weighted by Crippen LogP contribution is 2.29. The van der Waals surface area contributed by atoms with Gasteiger partial charge in [0.1, 0.15) is 5.69 Å². The lowest BCUT2D eigenvalue weighted by molar-refractivity contribution is -0.385. The zero-order valence-electron chi connectivity index (χ0n) is 10.7. The summed E-state index contributed by atoms with van der Waals surface area (Å²) >= 11 is 0. The third kappa shape index (κ3) is 4.19. The molecule has 1 rings (SSSR count). The fourth-order valence-corrected chi connectivity index (χ4v) is 1.58. The average molecular weight is 294 g/mol. The van der Waals surface area contributed by atoms with Crippen molar-refractivity contribution >= 4 is 17.5 Å². The molecule has 8 nitrogen and oxygen atoms in total. The first-order valence-electron chi connectivity index (χ1n) is 5.47. The summed E-state index contributed by atoms with van der Waals surface area (Å²) in [5.74, 6) is 4.65. The number of hydrogen-bond acceptors (Lipinski definition) is 7. The SMILES string of the molecule is Cc1nc(NN)nc(NC(C)CC(F)(F)F)c1[N+](=O)[O-]. The molecule has 0 aliphatic heterocycles. The van der Waals surface area contributed by atoms with Gasteiger partial charge in [-0.1, -0.05) is 0 Å². The Kier molecular flexibility index (Phi) is 4.65. The summed E-state index contributed by atoms with van der Waals surface area (Å²) in [6.07, 6.45) is -5.54. The summed E-state index contributed by atoms with van der Waals surface area (Å²) in [5, 5.41) is 13.3. The summed E-state index contributed by atoms with van der Waals surface area (Å²) in [4.78, 5) is 17.5.